The van der Waals surface area contributed by atoms with Gasteiger partial charge in [0, 0.05) is 48.7 Å². The van der Waals surface area contributed by atoms with E-state index in [1.807, 2.05) is 137 Å². The largest absolute Gasteiger partial charge is 0.454 e. The highest BCUT2D eigenvalue weighted by atomic mass is 19.4. The molecule has 6 nitrogen and oxygen atoms in total. The van der Waals surface area contributed by atoms with Crippen molar-refractivity contribution in [2.24, 2.45) is 0 Å². The van der Waals surface area contributed by atoms with Crippen molar-refractivity contribution in [3.05, 3.63) is 168 Å². The molecule has 12 aromatic rings. The van der Waals surface area contributed by atoms with Gasteiger partial charge in [-0.15, -0.1) is 0 Å². The Bertz CT molecular complexity index is 3710. The normalized spacial score (nSPS) is 12.2. The second-order valence-corrected chi connectivity index (χ2v) is 15.0. The highest BCUT2D eigenvalue weighted by Crippen LogP contribution is 2.47. The minimum Gasteiger partial charge on any atom is -0.454 e. The second kappa shape index (κ2) is 12.1. The molecule has 0 saturated carbocycles. The average Bonchev–Trinajstić information content (AvgIpc) is 4.03. The molecule has 0 spiro atoms. The van der Waals surface area contributed by atoms with E-state index in [-0.39, 0.29) is 16.7 Å². The van der Waals surface area contributed by atoms with Crippen LogP contribution in [-0.4, -0.2) is 9.13 Å². The molecule has 8 aromatic carbocycles. The van der Waals surface area contributed by atoms with Gasteiger partial charge in [-0.05, 0) is 72.3 Å². The van der Waals surface area contributed by atoms with Gasteiger partial charge in [-0.25, -0.2) is 0 Å². The van der Waals surface area contributed by atoms with Crippen LogP contribution in [0.3, 0.4) is 0 Å². The maximum atomic E-state index is 14.9. The zero-order valence-electron chi connectivity index (χ0n) is 31.2. The molecule has 60 heavy (non-hydrogen) atoms. The van der Waals surface area contributed by atoms with Crippen LogP contribution in [0.25, 0.3) is 110 Å². The quantitative estimate of drug-likeness (QED) is 0.179. The molecule has 0 unspecified atom stereocenters. The van der Waals surface area contributed by atoms with Crippen LogP contribution < -0.4 is 0 Å². The Morgan fingerprint density at radius 1 is 0.450 bits per heavy atom. The van der Waals surface area contributed by atoms with E-state index in [9.17, 15) is 23.7 Å². The first-order valence-electron chi connectivity index (χ1n) is 19.2. The highest BCUT2D eigenvalue weighted by Gasteiger charge is 2.33. The summed E-state index contributed by atoms with van der Waals surface area (Å²) in [5.41, 5.74) is 5.88. The van der Waals surface area contributed by atoms with Crippen LogP contribution in [-0.2, 0) is 6.18 Å². The first-order chi connectivity index (χ1) is 29.3. The lowest BCUT2D eigenvalue weighted by molar-refractivity contribution is -0.137. The number of para-hydroxylation sites is 4. The summed E-state index contributed by atoms with van der Waals surface area (Å²) in [4.78, 5) is 0. The third-order valence-corrected chi connectivity index (χ3v) is 11.7. The zero-order chi connectivity index (χ0) is 40.4. The topological polar surface area (TPSA) is 83.7 Å². The molecule has 4 heterocycles. The summed E-state index contributed by atoms with van der Waals surface area (Å²) in [7, 11) is 0. The summed E-state index contributed by atoms with van der Waals surface area (Å²) in [5.74, 6) is 0. The first kappa shape index (κ1) is 33.8. The minimum atomic E-state index is -4.77. The van der Waals surface area contributed by atoms with Gasteiger partial charge in [0.1, 0.15) is 11.2 Å². The lowest BCUT2D eigenvalue weighted by atomic mass is 9.94. The van der Waals surface area contributed by atoms with Crippen LogP contribution in [0.5, 0.6) is 0 Å². The van der Waals surface area contributed by atoms with Crippen molar-refractivity contribution >= 4 is 87.5 Å². The summed E-state index contributed by atoms with van der Waals surface area (Å²) in [6.45, 7) is 0. The predicted octanol–water partition coefficient (Wildman–Crippen LogP) is 14.1. The van der Waals surface area contributed by atoms with E-state index < -0.39 is 11.7 Å². The molecule has 9 heteroatoms. The predicted molar refractivity (Wildman–Crippen MR) is 230 cm³/mol. The van der Waals surface area contributed by atoms with Crippen LogP contribution in [0.2, 0.25) is 0 Å². The molecule has 0 N–H and O–H groups in total. The number of benzene rings is 8. The van der Waals surface area contributed by atoms with E-state index in [4.69, 9.17) is 8.83 Å². The zero-order valence-corrected chi connectivity index (χ0v) is 31.2. The molecule has 0 radical (unpaired) electrons. The molecule has 4 aromatic heterocycles. The Morgan fingerprint density at radius 2 is 0.883 bits per heavy atom. The average molecular weight is 783 g/mol. The van der Waals surface area contributed by atoms with Crippen molar-refractivity contribution in [2.45, 2.75) is 6.18 Å². The van der Waals surface area contributed by atoms with Crippen LogP contribution in [0, 0.1) is 22.7 Å². The summed E-state index contributed by atoms with van der Waals surface area (Å²) in [5, 5.41) is 28.1. The molecule has 0 aliphatic carbocycles. The third-order valence-electron chi connectivity index (χ3n) is 11.7. The van der Waals surface area contributed by atoms with Gasteiger partial charge in [0.2, 0.25) is 0 Å². The van der Waals surface area contributed by atoms with Gasteiger partial charge < -0.3 is 18.0 Å². The van der Waals surface area contributed by atoms with Crippen LogP contribution in [0.1, 0.15) is 16.7 Å². The Kier molecular flexibility index (Phi) is 6.84. The fourth-order valence-corrected chi connectivity index (χ4v) is 9.29. The van der Waals surface area contributed by atoms with E-state index >= 15 is 0 Å². The van der Waals surface area contributed by atoms with E-state index in [0.717, 1.165) is 66.3 Å². The van der Waals surface area contributed by atoms with Crippen molar-refractivity contribution in [3.63, 3.8) is 0 Å². The maximum absolute atomic E-state index is 14.9. The number of alkyl halides is 3. The molecule has 0 aliphatic heterocycles. The van der Waals surface area contributed by atoms with Crippen molar-refractivity contribution in [1.29, 1.82) is 10.5 Å². The molecule has 0 atom stereocenters. The number of nitrogens with zero attached hydrogens (tertiary/aromatic N) is 4. The van der Waals surface area contributed by atoms with Gasteiger partial charge >= 0.3 is 6.18 Å². The smallest absolute Gasteiger partial charge is 0.416 e. The van der Waals surface area contributed by atoms with Gasteiger partial charge in [0.25, 0.3) is 0 Å². The van der Waals surface area contributed by atoms with Crippen LogP contribution in [0.15, 0.2) is 160 Å². The Hall–Kier alpha value is -8.27. The number of hydrogen-bond donors (Lipinski definition) is 0. The fraction of sp³-hybridized carbons (Fsp3) is 0.0196. The SMILES string of the molecule is N#Cc1cc(-c2c(-n3c4ccccc4c4ccc5c6ccccc6oc5c43)cc(C#N)cc2-n2c3ccccc3c3ccc4c5ccccc5oc4c32)cc(C(F)(F)F)c1. The molecular weight excluding hydrogens is 758 g/mol. The monoisotopic (exact) mass is 782 g/mol. The van der Waals surface area contributed by atoms with E-state index in [1.54, 1.807) is 12.1 Å². The number of hydrogen-bond acceptors (Lipinski definition) is 4. The van der Waals surface area contributed by atoms with Crippen molar-refractivity contribution < 1.29 is 22.0 Å². The van der Waals surface area contributed by atoms with Gasteiger partial charge in [0.05, 0.1) is 62.3 Å². The van der Waals surface area contributed by atoms with E-state index in [1.165, 1.54) is 6.07 Å². The Labute approximate surface area is 337 Å². The second-order valence-electron chi connectivity index (χ2n) is 15.0. The number of halogens is 3. The van der Waals surface area contributed by atoms with E-state index in [0.29, 0.717) is 50.3 Å². The maximum Gasteiger partial charge on any atom is 0.416 e. The number of aromatic nitrogens is 2. The molecule has 0 bridgehead atoms. The Balaban J connectivity index is 1.34. The molecule has 0 saturated heterocycles. The van der Waals surface area contributed by atoms with E-state index in [2.05, 4.69) is 6.07 Å². The van der Waals surface area contributed by atoms with Crippen molar-refractivity contribution in [1.82, 2.24) is 9.13 Å². The highest BCUT2D eigenvalue weighted by molar-refractivity contribution is 6.23. The summed E-state index contributed by atoms with van der Waals surface area (Å²) in [6.07, 6.45) is -4.77. The molecule has 0 amide bonds. The van der Waals surface area contributed by atoms with Gasteiger partial charge in [-0.1, -0.05) is 84.9 Å². The van der Waals surface area contributed by atoms with Gasteiger partial charge in [0.15, 0.2) is 11.2 Å². The van der Waals surface area contributed by atoms with Crippen molar-refractivity contribution in [2.75, 3.05) is 0 Å². The summed E-state index contributed by atoms with van der Waals surface area (Å²) >= 11 is 0. The summed E-state index contributed by atoms with van der Waals surface area (Å²) in [6, 6.07) is 50.5. The number of furan rings is 2. The first-order valence-corrected chi connectivity index (χ1v) is 19.2. The Morgan fingerprint density at radius 3 is 1.37 bits per heavy atom. The molecule has 282 valence electrons. The summed E-state index contributed by atoms with van der Waals surface area (Å²) < 4.78 is 61.9. The van der Waals surface area contributed by atoms with Gasteiger partial charge in [-0.2, -0.15) is 23.7 Å². The molecule has 0 fully saturated rings. The van der Waals surface area contributed by atoms with Crippen LogP contribution >= 0.6 is 0 Å². The number of fused-ring (bicyclic) bond motifs is 14. The van der Waals surface area contributed by atoms with Crippen LogP contribution in [0.4, 0.5) is 13.2 Å². The fourth-order valence-electron chi connectivity index (χ4n) is 9.29. The number of nitriles is 2. The molecule has 12 rings (SSSR count). The van der Waals surface area contributed by atoms with Gasteiger partial charge in [-0.3, -0.25) is 0 Å². The standard InChI is InChI=1S/C51H25F3N4O2/c52-51(53,54)31-22-28(26-55)21-30(25-31)46-42(57-40-13-5-1-9-32(40)36-17-19-38-34-11-3-7-15-44(34)59-49(38)47(36)57)23-29(27-56)24-43(46)58-41-14-6-2-10-33(41)37-18-20-39-35-12-4-8-16-45(35)60-50(39)48(37)58/h1-25H. The molecule has 0 aliphatic rings. The van der Waals surface area contributed by atoms with Crippen molar-refractivity contribution in [3.8, 4) is 34.6 Å². The number of rotatable bonds is 3. The minimum absolute atomic E-state index is 0.140. The lowest BCUT2D eigenvalue weighted by Gasteiger charge is -2.21. The third kappa shape index (κ3) is 4.63. The molecular formula is C51H25F3N4O2. The lowest BCUT2D eigenvalue weighted by Crippen LogP contribution is -2.08.